The van der Waals surface area contributed by atoms with Gasteiger partial charge in [-0.3, -0.25) is 0 Å². The van der Waals surface area contributed by atoms with Crippen LogP contribution in [-0.2, 0) is 5.75 Å². The van der Waals surface area contributed by atoms with E-state index in [4.69, 9.17) is 5.73 Å². The van der Waals surface area contributed by atoms with Gasteiger partial charge in [0, 0.05) is 24.5 Å². The molecule has 0 aliphatic rings. The summed E-state index contributed by atoms with van der Waals surface area (Å²) in [5.41, 5.74) is 9.33. The highest BCUT2D eigenvalue weighted by Crippen LogP contribution is 2.14. The van der Waals surface area contributed by atoms with Crippen molar-refractivity contribution >= 4 is 28.8 Å². The maximum atomic E-state index is 5.88. The highest BCUT2D eigenvalue weighted by molar-refractivity contribution is 8.13. The van der Waals surface area contributed by atoms with Crippen molar-refractivity contribution in [2.45, 2.75) is 19.6 Å². The molecule has 0 saturated heterocycles. The molecule has 0 heterocycles. The van der Waals surface area contributed by atoms with E-state index in [1.165, 1.54) is 23.0 Å². The molecule has 2 rings (SSSR count). The van der Waals surface area contributed by atoms with Crippen molar-refractivity contribution in [2.24, 2.45) is 15.9 Å². The van der Waals surface area contributed by atoms with Crippen LogP contribution in [0.2, 0.25) is 0 Å². The van der Waals surface area contributed by atoms with Gasteiger partial charge in [-0.15, -0.1) is 5.10 Å². The van der Waals surface area contributed by atoms with Gasteiger partial charge < -0.3 is 10.6 Å². The van der Waals surface area contributed by atoms with Crippen molar-refractivity contribution < 1.29 is 0 Å². The lowest BCUT2D eigenvalue weighted by atomic mass is 10.2. The van der Waals surface area contributed by atoms with Gasteiger partial charge >= 0.3 is 0 Å². The Morgan fingerprint density at radius 2 is 1.71 bits per heavy atom. The van der Waals surface area contributed by atoms with Crippen LogP contribution >= 0.6 is 11.8 Å². The molecule has 0 aromatic heterocycles. The fourth-order valence-corrected chi connectivity index (χ4v) is 2.88. The molecule has 0 bridgehead atoms. The zero-order chi connectivity index (χ0) is 17.2. The summed E-state index contributed by atoms with van der Waals surface area (Å²) in [6.07, 6.45) is 1.72. The molecule has 2 aromatic rings. The average molecular weight is 340 g/mol. The number of benzene rings is 2. The number of anilines is 1. The van der Waals surface area contributed by atoms with Crippen molar-refractivity contribution in [3.8, 4) is 0 Å². The number of nitrogens with zero attached hydrogens (tertiary/aromatic N) is 3. The predicted molar refractivity (Wildman–Crippen MR) is 107 cm³/mol. The molecule has 2 aromatic carbocycles. The minimum atomic E-state index is 0.467. The van der Waals surface area contributed by atoms with Gasteiger partial charge in [0.25, 0.3) is 0 Å². The van der Waals surface area contributed by atoms with Crippen LogP contribution in [0.4, 0.5) is 5.69 Å². The summed E-state index contributed by atoms with van der Waals surface area (Å²) in [7, 11) is 0. The molecule has 5 heteroatoms. The van der Waals surface area contributed by atoms with Crippen LogP contribution < -0.4 is 10.6 Å². The maximum absolute atomic E-state index is 5.88. The molecule has 126 valence electrons. The minimum Gasteiger partial charge on any atom is -0.377 e. The van der Waals surface area contributed by atoms with Gasteiger partial charge in [-0.2, -0.15) is 5.10 Å². The Morgan fingerprint density at radius 1 is 1.04 bits per heavy atom. The Morgan fingerprint density at radius 3 is 2.33 bits per heavy atom. The average Bonchev–Trinajstić information content (AvgIpc) is 2.63. The largest absolute Gasteiger partial charge is 0.377 e. The van der Waals surface area contributed by atoms with Crippen LogP contribution in [0.1, 0.15) is 25.0 Å². The van der Waals surface area contributed by atoms with E-state index in [0.717, 1.165) is 24.4 Å². The molecule has 0 unspecified atom stereocenters. The van der Waals surface area contributed by atoms with Gasteiger partial charge in [0.15, 0.2) is 5.17 Å². The van der Waals surface area contributed by atoms with E-state index < -0.39 is 0 Å². The Bertz CT molecular complexity index is 662. The van der Waals surface area contributed by atoms with E-state index in [0.29, 0.717) is 5.17 Å². The lowest BCUT2D eigenvalue weighted by Gasteiger charge is -2.20. The highest BCUT2D eigenvalue weighted by atomic mass is 32.2. The van der Waals surface area contributed by atoms with E-state index in [-0.39, 0.29) is 0 Å². The first-order valence-corrected chi connectivity index (χ1v) is 9.09. The normalized spacial score (nSPS) is 11.8. The number of hydrogen-bond donors (Lipinski definition) is 1. The molecule has 0 amide bonds. The molecule has 0 aliphatic heterocycles. The molecule has 0 radical (unpaired) electrons. The second-order valence-corrected chi connectivity index (χ2v) is 6.22. The molecule has 24 heavy (non-hydrogen) atoms. The van der Waals surface area contributed by atoms with E-state index in [1.54, 1.807) is 6.21 Å². The van der Waals surface area contributed by atoms with Crippen molar-refractivity contribution in [2.75, 3.05) is 18.0 Å². The Balaban J connectivity index is 1.88. The summed E-state index contributed by atoms with van der Waals surface area (Å²) in [6, 6.07) is 18.5. The number of rotatable bonds is 7. The quantitative estimate of drug-likeness (QED) is 0.469. The number of thioether (sulfide) groups is 1. The summed E-state index contributed by atoms with van der Waals surface area (Å²) in [4.78, 5) is 2.30. The van der Waals surface area contributed by atoms with Crippen LogP contribution in [0.25, 0.3) is 0 Å². The summed E-state index contributed by atoms with van der Waals surface area (Å²) in [6.45, 7) is 6.32. The van der Waals surface area contributed by atoms with Crippen molar-refractivity contribution in [1.82, 2.24) is 0 Å². The van der Waals surface area contributed by atoms with Crippen LogP contribution in [0.3, 0.4) is 0 Å². The first-order chi connectivity index (χ1) is 11.7. The van der Waals surface area contributed by atoms with E-state index >= 15 is 0 Å². The third-order valence-corrected chi connectivity index (χ3v) is 4.47. The third kappa shape index (κ3) is 5.74. The fourth-order valence-electron chi connectivity index (χ4n) is 2.27. The van der Waals surface area contributed by atoms with Crippen molar-refractivity contribution in [3.63, 3.8) is 0 Å². The Hall–Kier alpha value is -2.27. The number of hydrogen-bond acceptors (Lipinski definition) is 4. The Labute approximate surface area is 148 Å². The van der Waals surface area contributed by atoms with Gasteiger partial charge in [0.05, 0.1) is 6.21 Å². The van der Waals surface area contributed by atoms with Crippen molar-refractivity contribution in [1.29, 1.82) is 0 Å². The zero-order valence-corrected chi connectivity index (χ0v) is 15.0. The SMILES string of the molecule is CCN(CC)c1ccc(C=NN=C(N)SCc2ccccc2)cc1. The monoisotopic (exact) mass is 340 g/mol. The molecular weight excluding hydrogens is 316 g/mol. The van der Waals surface area contributed by atoms with E-state index in [1.807, 2.05) is 30.3 Å². The van der Waals surface area contributed by atoms with Crippen LogP contribution in [0.15, 0.2) is 64.8 Å². The molecule has 0 fully saturated rings. The molecule has 4 nitrogen and oxygen atoms in total. The highest BCUT2D eigenvalue weighted by Gasteiger charge is 2.00. The van der Waals surface area contributed by atoms with E-state index in [9.17, 15) is 0 Å². The zero-order valence-electron chi connectivity index (χ0n) is 14.2. The minimum absolute atomic E-state index is 0.467. The fraction of sp³-hybridized carbons (Fsp3) is 0.263. The van der Waals surface area contributed by atoms with Gasteiger partial charge in [0.2, 0.25) is 0 Å². The van der Waals surface area contributed by atoms with Gasteiger partial charge in [-0.25, -0.2) is 0 Å². The smallest absolute Gasteiger partial charge is 0.180 e. The summed E-state index contributed by atoms with van der Waals surface area (Å²) in [5, 5.41) is 8.58. The molecular formula is C19H24N4S. The second kappa shape index (κ2) is 9.78. The molecule has 0 spiro atoms. The number of amidine groups is 1. The van der Waals surface area contributed by atoms with Crippen LogP contribution in [0, 0.1) is 0 Å². The lowest BCUT2D eigenvalue weighted by Crippen LogP contribution is -2.21. The lowest BCUT2D eigenvalue weighted by molar-refractivity contribution is 0.866. The summed E-state index contributed by atoms with van der Waals surface area (Å²) < 4.78 is 0. The van der Waals surface area contributed by atoms with Gasteiger partial charge in [0.1, 0.15) is 0 Å². The topological polar surface area (TPSA) is 54.0 Å². The second-order valence-electron chi connectivity index (χ2n) is 5.22. The molecule has 2 N–H and O–H groups in total. The Kier molecular flexibility index (Phi) is 7.36. The van der Waals surface area contributed by atoms with Gasteiger partial charge in [-0.1, -0.05) is 54.2 Å². The van der Waals surface area contributed by atoms with Crippen molar-refractivity contribution in [3.05, 3.63) is 65.7 Å². The van der Waals surface area contributed by atoms with Crippen LogP contribution in [-0.4, -0.2) is 24.5 Å². The summed E-state index contributed by atoms with van der Waals surface area (Å²) in [5.74, 6) is 0.796. The molecule has 0 saturated carbocycles. The first kappa shape index (κ1) is 18.1. The first-order valence-electron chi connectivity index (χ1n) is 8.11. The maximum Gasteiger partial charge on any atom is 0.180 e. The number of nitrogens with two attached hydrogens (primary N) is 1. The van der Waals surface area contributed by atoms with Gasteiger partial charge in [-0.05, 0) is 37.1 Å². The predicted octanol–water partition coefficient (Wildman–Crippen LogP) is 4.11. The van der Waals surface area contributed by atoms with E-state index in [2.05, 4.69) is 53.2 Å². The molecule has 0 aliphatic carbocycles. The third-order valence-electron chi connectivity index (χ3n) is 3.61. The summed E-state index contributed by atoms with van der Waals surface area (Å²) >= 11 is 1.48. The molecule has 0 atom stereocenters. The standard InChI is InChI=1S/C19H24N4S/c1-3-23(4-2)18-12-10-16(11-13-18)14-21-22-19(20)24-15-17-8-6-5-7-9-17/h5-14H,3-4,15H2,1-2H3,(H2,20,22). The van der Waals surface area contributed by atoms with Crippen LogP contribution in [0.5, 0.6) is 0 Å².